The van der Waals surface area contributed by atoms with Crippen molar-refractivity contribution in [2.45, 2.75) is 19.8 Å². The smallest absolute Gasteiger partial charge is 0.434 e. The van der Waals surface area contributed by atoms with E-state index in [-0.39, 0.29) is 0 Å². The summed E-state index contributed by atoms with van der Waals surface area (Å²) in [5.41, 5.74) is 1.15. The van der Waals surface area contributed by atoms with Gasteiger partial charge >= 0.3 is 6.16 Å². The van der Waals surface area contributed by atoms with Gasteiger partial charge < -0.3 is 9.47 Å². The Morgan fingerprint density at radius 1 is 1.13 bits per heavy atom. The van der Waals surface area contributed by atoms with Crippen molar-refractivity contribution in [3.05, 3.63) is 35.9 Å². The zero-order valence-corrected chi connectivity index (χ0v) is 8.94. The molecule has 3 heteroatoms. The highest BCUT2D eigenvalue weighted by molar-refractivity contribution is 5.59. The van der Waals surface area contributed by atoms with Crippen molar-refractivity contribution in [3.63, 3.8) is 0 Å². The summed E-state index contributed by atoms with van der Waals surface area (Å²) in [5, 5.41) is 0. The van der Waals surface area contributed by atoms with Gasteiger partial charge in [0.15, 0.2) is 0 Å². The van der Waals surface area contributed by atoms with Gasteiger partial charge in [-0.25, -0.2) is 4.79 Å². The highest BCUT2D eigenvalue weighted by Gasteiger charge is 2.02. The van der Waals surface area contributed by atoms with Crippen LogP contribution in [0.25, 0.3) is 0 Å². The molecule has 0 bridgehead atoms. The first-order valence-corrected chi connectivity index (χ1v) is 5.16. The summed E-state index contributed by atoms with van der Waals surface area (Å²) in [6, 6.07) is 9.89. The van der Waals surface area contributed by atoms with E-state index < -0.39 is 6.16 Å². The summed E-state index contributed by atoms with van der Waals surface area (Å²) >= 11 is 0. The molecule has 0 atom stereocenters. The fourth-order valence-corrected chi connectivity index (χ4v) is 1.12. The summed E-state index contributed by atoms with van der Waals surface area (Å²) < 4.78 is 9.65. The average molecular weight is 208 g/mol. The third-order valence-electron chi connectivity index (χ3n) is 1.88. The summed E-state index contributed by atoms with van der Waals surface area (Å²) in [4.78, 5) is 10.9. The second kappa shape index (κ2) is 6.87. The Balaban J connectivity index is 2.14. The zero-order chi connectivity index (χ0) is 10.9. The molecule has 0 saturated heterocycles. The minimum Gasteiger partial charge on any atom is -0.434 e. The van der Waals surface area contributed by atoms with Crippen LogP contribution in [0.5, 0.6) is 0 Å². The minimum atomic E-state index is -0.576. The molecule has 0 amide bonds. The molecule has 1 rings (SSSR count). The van der Waals surface area contributed by atoms with E-state index in [9.17, 15) is 4.79 Å². The van der Waals surface area contributed by atoms with Gasteiger partial charge in [0.25, 0.3) is 0 Å². The summed E-state index contributed by atoms with van der Waals surface area (Å²) in [7, 11) is 0. The highest BCUT2D eigenvalue weighted by atomic mass is 16.7. The molecule has 82 valence electrons. The Morgan fingerprint density at radius 2 is 1.80 bits per heavy atom. The maximum Gasteiger partial charge on any atom is 0.508 e. The lowest BCUT2D eigenvalue weighted by molar-refractivity contribution is 0.0562. The monoisotopic (exact) mass is 208 g/mol. The van der Waals surface area contributed by atoms with Crippen LogP contribution in [-0.4, -0.2) is 19.4 Å². The van der Waals surface area contributed by atoms with Crippen molar-refractivity contribution in [3.8, 4) is 0 Å². The van der Waals surface area contributed by atoms with Crippen molar-refractivity contribution >= 4 is 6.16 Å². The molecule has 1 aromatic rings. The van der Waals surface area contributed by atoms with Crippen molar-refractivity contribution in [2.75, 3.05) is 13.2 Å². The fourth-order valence-electron chi connectivity index (χ4n) is 1.12. The Bertz CT molecular complexity index is 282. The molecular weight excluding hydrogens is 192 g/mol. The van der Waals surface area contributed by atoms with Crippen molar-refractivity contribution in [1.82, 2.24) is 0 Å². The minimum absolute atomic E-state index is 0.368. The molecule has 0 saturated carbocycles. The van der Waals surface area contributed by atoms with Crippen LogP contribution in [0.2, 0.25) is 0 Å². The van der Waals surface area contributed by atoms with Crippen LogP contribution in [0.3, 0.4) is 0 Å². The van der Waals surface area contributed by atoms with E-state index in [1.165, 1.54) is 0 Å². The van der Waals surface area contributed by atoms with Crippen LogP contribution in [-0.2, 0) is 15.9 Å². The maximum absolute atomic E-state index is 10.9. The van der Waals surface area contributed by atoms with Crippen molar-refractivity contribution in [2.24, 2.45) is 0 Å². The first-order valence-electron chi connectivity index (χ1n) is 5.16. The van der Waals surface area contributed by atoms with Crippen LogP contribution in [0, 0.1) is 0 Å². The van der Waals surface area contributed by atoms with Crippen LogP contribution < -0.4 is 0 Å². The Labute approximate surface area is 90.0 Å². The van der Waals surface area contributed by atoms with Gasteiger partial charge in [-0.2, -0.15) is 0 Å². The summed E-state index contributed by atoms with van der Waals surface area (Å²) in [5.74, 6) is 0. The SMILES string of the molecule is CCCOC(=O)OCCc1ccccc1. The van der Waals surface area contributed by atoms with Crippen LogP contribution in [0.15, 0.2) is 30.3 Å². The van der Waals surface area contributed by atoms with E-state index in [0.717, 1.165) is 18.4 Å². The number of hydrogen-bond donors (Lipinski definition) is 0. The summed E-state index contributed by atoms with van der Waals surface area (Å²) in [6.45, 7) is 2.73. The quantitative estimate of drug-likeness (QED) is 0.698. The van der Waals surface area contributed by atoms with E-state index in [0.29, 0.717) is 13.2 Å². The predicted octanol–water partition coefficient (Wildman–Crippen LogP) is 2.79. The van der Waals surface area contributed by atoms with E-state index in [2.05, 4.69) is 0 Å². The lowest BCUT2D eigenvalue weighted by Gasteiger charge is -2.04. The predicted molar refractivity (Wildman–Crippen MR) is 57.7 cm³/mol. The van der Waals surface area contributed by atoms with Gasteiger partial charge in [-0.15, -0.1) is 0 Å². The maximum atomic E-state index is 10.9. The van der Waals surface area contributed by atoms with Crippen LogP contribution in [0.4, 0.5) is 4.79 Å². The van der Waals surface area contributed by atoms with E-state index >= 15 is 0 Å². The second-order valence-electron chi connectivity index (χ2n) is 3.18. The van der Waals surface area contributed by atoms with Gasteiger partial charge in [0, 0.05) is 6.42 Å². The molecule has 0 unspecified atom stereocenters. The third kappa shape index (κ3) is 5.05. The van der Waals surface area contributed by atoms with Gasteiger partial charge in [0.05, 0.1) is 13.2 Å². The molecule has 0 radical (unpaired) electrons. The zero-order valence-electron chi connectivity index (χ0n) is 8.94. The molecule has 0 aliphatic rings. The molecule has 0 aliphatic heterocycles. The molecule has 0 aromatic heterocycles. The molecule has 1 aromatic carbocycles. The van der Waals surface area contributed by atoms with E-state index in [1.807, 2.05) is 37.3 Å². The first-order chi connectivity index (χ1) is 7.33. The van der Waals surface area contributed by atoms with Crippen LogP contribution in [0.1, 0.15) is 18.9 Å². The second-order valence-corrected chi connectivity index (χ2v) is 3.18. The molecule has 0 spiro atoms. The lowest BCUT2D eigenvalue weighted by atomic mass is 10.2. The number of rotatable bonds is 5. The molecule has 0 aliphatic carbocycles. The van der Waals surface area contributed by atoms with Gasteiger partial charge in [0.1, 0.15) is 0 Å². The number of hydrogen-bond acceptors (Lipinski definition) is 3. The van der Waals surface area contributed by atoms with Crippen molar-refractivity contribution < 1.29 is 14.3 Å². The molecule has 0 heterocycles. The average Bonchev–Trinajstić information content (AvgIpc) is 2.28. The fraction of sp³-hybridized carbons (Fsp3) is 0.417. The Morgan fingerprint density at radius 3 is 2.47 bits per heavy atom. The number of carbonyl (C=O) groups is 1. The van der Waals surface area contributed by atoms with Gasteiger partial charge in [-0.05, 0) is 12.0 Å². The topological polar surface area (TPSA) is 35.5 Å². The standard InChI is InChI=1S/C12H16O3/c1-2-9-14-12(13)15-10-8-11-6-4-3-5-7-11/h3-7H,2,8-10H2,1H3. The van der Waals surface area contributed by atoms with Gasteiger partial charge in [-0.1, -0.05) is 37.3 Å². The molecular formula is C12H16O3. The first kappa shape index (κ1) is 11.6. The Hall–Kier alpha value is -1.51. The van der Waals surface area contributed by atoms with Gasteiger partial charge in [-0.3, -0.25) is 0 Å². The summed E-state index contributed by atoms with van der Waals surface area (Å²) in [6.07, 6.45) is 0.961. The number of benzene rings is 1. The Kier molecular flexibility index (Phi) is 5.30. The molecule has 0 N–H and O–H groups in total. The van der Waals surface area contributed by atoms with Crippen LogP contribution >= 0.6 is 0 Å². The van der Waals surface area contributed by atoms with E-state index in [4.69, 9.17) is 9.47 Å². The third-order valence-corrected chi connectivity index (χ3v) is 1.88. The lowest BCUT2D eigenvalue weighted by Crippen LogP contribution is -2.10. The number of ether oxygens (including phenoxy) is 2. The number of carbonyl (C=O) groups excluding carboxylic acids is 1. The molecule has 0 fully saturated rings. The van der Waals surface area contributed by atoms with Gasteiger partial charge in [0.2, 0.25) is 0 Å². The van der Waals surface area contributed by atoms with Crippen molar-refractivity contribution in [1.29, 1.82) is 0 Å². The largest absolute Gasteiger partial charge is 0.508 e. The normalized spacial score (nSPS) is 9.67. The van der Waals surface area contributed by atoms with E-state index in [1.54, 1.807) is 0 Å². The highest BCUT2D eigenvalue weighted by Crippen LogP contribution is 2.00. The molecule has 3 nitrogen and oxygen atoms in total. The molecule has 15 heavy (non-hydrogen) atoms.